The number of para-hydroxylation sites is 1. The number of benzene rings is 1. The molecule has 12 N–H and O–H groups in total. The third kappa shape index (κ3) is 9.63. The minimum absolute atomic E-state index is 0.0646. The number of rotatable bonds is 17. The highest BCUT2D eigenvalue weighted by Gasteiger charge is 2.33. The van der Waals surface area contributed by atoms with E-state index in [0.717, 1.165) is 10.9 Å². The van der Waals surface area contributed by atoms with Crippen LogP contribution in [-0.2, 0) is 30.4 Å². The smallest absolute Gasteiger partial charge is 0.326 e. The lowest BCUT2D eigenvalue weighted by atomic mass is 10.0. The van der Waals surface area contributed by atoms with Crippen LogP contribution < -0.4 is 33.2 Å². The summed E-state index contributed by atoms with van der Waals surface area (Å²) >= 11 is 0. The van der Waals surface area contributed by atoms with Gasteiger partial charge in [0.05, 0.1) is 12.1 Å². The molecule has 0 bridgehead atoms. The summed E-state index contributed by atoms with van der Waals surface area (Å²) in [7, 11) is 0. The average molecular weight is 562 g/mol. The van der Waals surface area contributed by atoms with Gasteiger partial charge in [0.15, 0.2) is 0 Å². The predicted octanol–water partition coefficient (Wildman–Crippen LogP) is -1.65. The second kappa shape index (κ2) is 15.5. The number of unbranched alkanes of at least 4 members (excludes halogenated alkanes) is 1. The maximum absolute atomic E-state index is 13.1. The van der Waals surface area contributed by atoms with Gasteiger partial charge in [-0.2, -0.15) is 0 Å². The lowest BCUT2D eigenvalue weighted by molar-refractivity contribution is -0.143. The van der Waals surface area contributed by atoms with Crippen LogP contribution in [0.15, 0.2) is 30.5 Å². The molecular formula is C26H39N7O7. The first-order chi connectivity index (χ1) is 18.9. The van der Waals surface area contributed by atoms with Crippen LogP contribution in [0.25, 0.3) is 10.9 Å². The molecule has 5 atom stereocenters. The van der Waals surface area contributed by atoms with Crippen molar-refractivity contribution < 1.29 is 34.2 Å². The van der Waals surface area contributed by atoms with Crippen molar-refractivity contribution in [3.05, 3.63) is 36.0 Å². The van der Waals surface area contributed by atoms with Crippen molar-refractivity contribution in [1.29, 1.82) is 0 Å². The summed E-state index contributed by atoms with van der Waals surface area (Å²) in [5.41, 5.74) is 18.0. The van der Waals surface area contributed by atoms with Crippen molar-refractivity contribution in [2.75, 3.05) is 6.54 Å². The van der Waals surface area contributed by atoms with Crippen LogP contribution in [0.3, 0.4) is 0 Å². The van der Waals surface area contributed by atoms with Gasteiger partial charge in [0.25, 0.3) is 0 Å². The number of primary amides is 1. The van der Waals surface area contributed by atoms with Crippen LogP contribution in [0, 0.1) is 0 Å². The standard InChI is InChI=1S/C26H39N7O7/c1-14(34)22(25(38)32-20(26(39)40)12-15-13-30-18-8-3-2-6-16(15)18)33-24(37)19(9-10-21(29)35)31-23(36)17(28)7-4-5-11-27/h2-3,6,8,13-14,17,19-20,22,30,34H,4-5,7,9-12,27-28H2,1H3,(H2,29,35)(H,31,36)(H,32,38)(H,33,37)(H,39,40). The Morgan fingerprint density at radius 1 is 0.950 bits per heavy atom. The van der Waals surface area contributed by atoms with E-state index < -0.39 is 59.9 Å². The lowest BCUT2D eigenvalue weighted by Gasteiger charge is -2.26. The highest BCUT2D eigenvalue weighted by molar-refractivity contribution is 5.95. The van der Waals surface area contributed by atoms with Crippen LogP contribution in [-0.4, -0.2) is 81.6 Å². The molecule has 0 saturated heterocycles. The number of carboxylic acids is 1. The third-order valence-electron chi connectivity index (χ3n) is 6.39. The number of aliphatic hydroxyl groups excluding tert-OH is 1. The number of hydrogen-bond donors (Lipinski definition) is 9. The van der Waals surface area contributed by atoms with Gasteiger partial charge in [-0.15, -0.1) is 0 Å². The minimum Gasteiger partial charge on any atom is -0.480 e. The van der Waals surface area contributed by atoms with Crippen LogP contribution in [0.2, 0.25) is 0 Å². The molecule has 1 heterocycles. The van der Waals surface area contributed by atoms with E-state index in [4.69, 9.17) is 17.2 Å². The van der Waals surface area contributed by atoms with Crippen LogP contribution in [0.5, 0.6) is 0 Å². The molecule has 0 saturated carbocycles. The fourth-order valence-corrected chi connectivity index (χ4v) is 4.11. The average Bonchev–Trinajstić information content (AvgIpc) is 3.31. The molecule has 0 aliphatic rings. The van der Waals surface area contributed by atoms with E-state index in [0.29, 0.717) is 31.4 Å². The lowest BCUT2D eigenvalue weighted by Crippen LogP contribution is -2.60. The summed E-state index contributed by atoms with van der Waals surface area (Å²) in [6, 6.07) is 2.09. The number of carboxylic acid groups (broad SMARTS) is 1. The maximum atomic E-state index is 13.1. The second-order valence-electron chi connectivity index (χ2n) is 9.65. The first-order valence-corrected chi connectivity index (χ1v) is 13.1. The van der Waals surface area contributed by atoms with Crippen molar-refractivity contribution in [3.63, 3.8) is 0 Å². The first-order valence-electron chi connectivity index (χ1n) is 13.1. The van der Waals surface area contributed by atoms with Gasteiger partial charge in [0.1, 0.15) is 18.1 Å². The Bertz CT molecular complexity index is 1180. The number of carbonyl (C=O) groups excluding carboxylic acids is 4. The number of aromatic nitrogens is 1. The molecule has 0 radical (unpaired) electrons. The summed E-state index contributed by atoms with van der Waals surface area (Å²) < 4.78 is 0. The number of hydrogen-bond acceptors (Lipinski definition) is 8. The number of fused-ring (bicyclic) bond motifs is 1. The maximum Gasteiger partial charge on any atom is 0.326 e. The molecule has 4 amide bonds. The SMILES string of the molecule is CC(O)C(NC(=O)C(CCC(N)=O)NC(=O)C(N)CCCCN)C(=O)NC(Cc1c[nH]c2ccccc12)C(=O)O. The van der Waals surface area contributed by atoms with E-state index in [1.807, 2.05) is 18.2 Å². The predicted molar refractivity (Wildman–Crippen MR) is 146 cm³/mol. The minimum atomic E-state index is -1.57. The molecule has 40 heavy (non-hydrogen) atoms. The molecule has 5 unspecified atom stereocenters. The summed E-state index contributed by atoms with van der Waals surface area (Å²) in [6.07, 6.45) is 1.29. The van der Waals surface area contributed by atoms with Gasteiger partial charge in [-0.25, -0.2) is 4.79 Å². The van der Waals surface area contributed by atoms with E-state index in [9.17, 15) is 34.2 Å². The number of aliphatic carboxylic acids is 1. The Kier molecular flexibility index (Phi) is 12.5. The van der Waals surface area contributed by atoms with Gasteiger partial charge in [-0.3, -0.25) is 19.2 Å². The van der Waals surface area contributed by atoms with E-state index in [2.05, 4.69) is 20.9 Å². The quantitative estimate of drug-likeness (QED) is 0.100. The second-order valence-corrected chi connectivity index (χ2v) is 9.65. The molecule has 0 aliphatic heterocycles. The van der Waals surface area contributed by atoms with Gasteiger partial charge in [-0.05, 0) is 44.4 Å². The molecule has 2 rings (SSSR count). The van der Waals surface area contributed by atoms with Gasteiger partial charge >= 0.3 is 5.97 Å². The van der Waals surface area contributed by atoms with Crippen LogP contribution >= 0.6 is 0 Å². The van der Waals surface area contributed by atoms with E-state index >= 15 is 0 Å². The van der Waals surface area contributed by atoms with Crippen molar-refractivity contribution in [2.24, 2.45) is 17.2 Å². The fraction of sp³-hybridized carbons (Fsp3) is 0.500. The Morgan fingerprint density at radius 3 is 2.25 bits per heavy atom. The molecule has 1 aromatic heterocycles. The summed E-state index contributed by atoms with van der Waals surface area (Å²) in [4.78, 5) is 65.0. The molecule has 14 nitrogen and oxygen atoms in total. The first kappa shape index (κ1) is 32.2. The van der Waals surface area contributed by atoms with E-state index in [1.54, 1.807) is 12.3 Å². The van der Waals surface area contributed by atoms with Gasteiger partial charge < -0.3 is 48.3 Å². The van der Waals surface area contributed by atoms with Crippen LogP contribution in [0.1, 0.15) is 44.6 Å². The molecule has 220 valence electrons. The number of aliphatic hydroxyl groups is 1. The number of H-pyrrole nitrogens is 1. The Hall–Kier alpha value is -4.01. The zero-order valence-electron chi connectivity index (χ0n) is 22.4. The Labute approximate surface area is 231 Å². The summed E-state index contributed by atoms with van der Waals surface area (Å²) in [6.45, 7) is 1.68. The molecule has 1 aromatic carbocycles. The van der Waals surface area contributed by atoms with Gasteiger partial charge in [-0.1, -0.05) is 24.6 Å². The molecule has 0 aliphatic carbocycles. The van der Waals surface area contributed by atoms with Crippen molar-refractivity contribution >= 4 is 40.5 Å². The molecule has 2 aromatic rings. The number of amides is 4. The summed E-state index contributed by atoms with van der Waals surface area (Å²) in [5.74, 6) is -4.51. The van der Waals surface area contributed by atoms with Crippen molar-refractivity contribution in [2.45, 2.75) is 75.7 Å². The highest BCUT2D eigenvalue weighted by Crippen LogP contribution is 2.19. The largest absolute Gasteiger partial charge is 0.480 e. The molecule has 0 fully saturated rings. The monoisotopic (exact) mass is 561 g/mol. The Balaban J connectivity index is 2.13. The third-order valence-corrected chi connectivity index (χ3v) is 6.39. The normalized spacial score (nSPS) is 14.9. The zero-order chi connectivity index (χ0) is 29.8. The fourth-order valence-electron chi connectivity index (χ4n) is 4.11. The number of carbonyl (C=O) groups is 5. The van der Waals surface area contributed by atoms with E-state index in [-0.39, 0.29) is 19.3 Å². The molecular weight excluding hydrogens is 522 g/mol. The zero-order valence-corrected chi connectivity index (χ0v) is 22.4. The van der Waals surface area contributed by atoms with Crippen molar-refractivity contribution in [1.82, 2.24) is 20.9 Å². The number of aromatic amines is 1. The molecule has 0 spiro atoms. The summed E-state index contributed by atoms with van der Waals surface area (Å²) in [5, 5.41) is 28.0. The highest BCUT2D eigenvalue weighted by atomic mass is 16.4. The number of nitrogens with two attached hydrogens (primary N) is 3. The Morgan fingerprint density at radius 2 is 1.62 bits per heavy atom. The van der Waals surface area contributed by atoms with Crippen molar-refractivity contribution in [3.8, 4) is 0 Å². The van der Waals surface area contributed by atoms with Crippen LogP contribution in [0.4, 0.5) is 0 Å². The number of nitrogens with one attached hydrogen (secondary N) is 4. The van der Waals surface area contributed by atoms with E-state index in [1.165, 1.54) is 6.92 Å². The molecule has 14 heteroatoms. The van der Waals surface area contributed by atoms with Gasteiger partial charge in [0.2, 0.25) is 23.6 Å². The topological polar surface area (TPSA) is 256 Å². The van der Waals surface area contributed by atoms with Gasteiger partial charge in [0, 0.05) is 29.9 Å².